The molecule has 0 amide bonds. The predicted octanol–water partition coefficient (Wildman–Crippen LogP) is 2.30. The lowest BCUT2D eigenvalue weighted by Crippen LogP contribution is -1.87. The van der Waals surface area contributed by atoms with E-state index in [0.717, 1.165) is 10.9 Å². The first-order valence-corrected chi connectivity index (χ1v) is 4.32. The van der Waals surface area contributed by atoms with E-state index in [-0.39, 0.29) is 5.75 Å². The molecule has 11 heavy (non-hydrogen) atoms. The molecule has 0 aromatic heterocycles. The zero-order valence-corrected chi connectivity index (χ0v) is 7.76. The van der Waals surface area contributed by atoms with E-state index in [1.165, 1.54) is 0 Å². The zero-order chi connectivity index (χ0) is 8.27. The maximum Gasteiger partial charge on any atom is 0.126 e. The molecule has 0 spiro atoms. The summed E-state index contributed by atoms with van der Waals surface area (Å²) < 4.78 is 5.03. The van der Waals surface area contributed by atoms with Crippen molar-refractivity contribution in [3.63, 3.8) is 0 Å². The summed E-state index contributed by atoms with van der Waals surface area (Å²) in [7, 11) is 1.58. The van der Waals surface area contributed by atoms with Crippen molar-refractivity contribution in [3.8, 4) is 11.5 Å². The van der Waals surface area contributed by atoms with Crippen LogP contribution in [0.1, 0.15) is 5.56 Å². The number of methoxy groups -OCH3 is 1. The Balaban J connectivity index is 3.06. The van der Waals surface area contributed by atoms with Crippen LogP contribution in [-0.4, -0.2) is 12.2 Å². The van der Waals surface area contributed by atoms with Gasteiger partial charge in [-0.2, -0.15) is 0 Å². The number of ether oxygens (including phenoxy) is 1. The van der Waals surface area contributed by atoms with E-state index in [1.807, 2.05) is 6.07 Å². The van der Waals surface area contributed by atoms with Gasteiger partial charge in [-0.25, -0.2) is 0 Å². The molecule has 3 heteroatoms. The Kier molecular flexibility index (Phi) is 2.76. The van der Waals surface area contributed by atoms with Gasteiger partial charge in [0.05, 0.1) is 7.11 Å². The summed E-state index contributed by atoms with van der Waals surface area (Å²) >= 11 is 3.31. The molecule has 0 bridgehead atoms. The highest BCUT2D eigenvalue weighted by atomic mass is 79.9. The lowest BCUT2D eigenvalue weighted by atomic mass is 10.2. The summed E-state index contributed by atoms with van der Waals surface area (Å²) in [5, 5.41) is 9.80. The fourth-order valence-electron chi connectivity index (χ4n) is 0.844. The van der Waals surface area contributed by atoms with Crippen molar-refractivity contribution in [3.05, 3.63) is 23.8 Å². The minimum atomic E-state index is 0.228. The van der Waals surface area contributed by atoms with E-state index >= 15 is 0 Å². The van der Waals surface area contributed by atoms with Crippen LogP contribution < -0.4 is 4.74 Å². The van der Waals surface area contributed by atoms with Gasteiger partial charge in [-0.05, 0) is 6.07 Å². The van der Waals surface area contributed by atoms with Gasteiger partial charge in [-0.3, -0.25) is 0 Å². The Labute approximate surface area is 73.9 Å². The topological polar surface area (TPSA) is 29.5 Å². The molecule has 0 aliphatic rings. The molecule has 0 saturated heterocycles. The summed E-state index contributed by atoms with van der Waals surface area (Å²) in [6.45, 7) is 0. The first-order valence-electron chi connectivity index (χ1n) is 3.19. The third-order valence-corrected chi connectivity index (χ3v) is 2.02. The quantitative estimate of drug-likeness (QED) is 0.770. The van der Waals surface area contributed by atoms with Crippen LogP contribution in [0.15, 0.2) is 18.2 Å². The molecule has 0 aliphatic heterocycles. The largest absolute Gasteiger partial charge is 0.508 e. The van der Waals surface area contributed by atoms with Crippen molar-refractivity contribution in [2.45, 2.75) is 5.33 Å². The van der Waals surface area contributed by atoms with Crippen molar-refractivity contribution in [1.29, 1.82) is 0 Å². The van der Waals surface area contributed by atoms with Crippen LogP contribution in [0.4, 0.5) is 0 Å². The fourth-order valence-corrected chi connectivity index (χ4v) is 1.31. The lowest BCUT2D eigenvalue weighted by Gasteiger charge is -2.04. The van der Waals surface area contributed by atoms with Gasteiger partial charge in [0.15, 0.2) is 0 Å². The normalized spacial score (nSPS) is 9.64. The molecule has 0 radical (unpaired) electrons. The molecule has 1 aromatic carbocycles. The molecule has 2 nitrogen and oxygen atoms in total. The second-order valence-electron chi connectivity index (χ2n) is 2.13. The summed E-state index contributed by atoms with van der Waals surface area (Å²) in [6, 6.07) is 5.05. The van der Waals surface area contributed by atoms with E-state index in [0.29, 0.717) is 5.75 Å². The number of phenolic OH excluding ortho intramolecular Hbond substituents is 1. The highest BCUT2D eigenvalue weighted by molar-refractivity contribution is 9.08. The summed E-state index contributed by atoms with van der Waals surface area (Å²) in [6.07, 6.45) is 0. The smallest absolute Gasteiger partial charge is 0.126 e. The monoisotopic (exact) mass is 216 g/mol. The van der Waals surface area contributed by atoms with E-state index < -0.39 is 0 Å². The second kappa shape index (κ2) is 3.62. The number of halogens is 1. The van der Waals surface area contributed by atoms with Crippen LogP contribution in [0.5, 0.6) is 11.5 Å². The van der Waals surface area contributed by atoms with Gasteiger partial charge >= 0.3 is 0 Å². The minimum absolute atomic E-state index is 0.228. The van der Waals surface area contributed by atoms with Gasteiger partial charge in [0.1, 0.15) is 11.5 Å². The second-order valence-corrected chi connectivity index (χ2v) is 2.69. The van der Waals surface area contributed by atoms with Crippen LogP contribution >= 0.6 is 15.9 Å². The van der Waals surface area contributed by atoms with Gasteiger partial charge < -0.3 is 9.84 Å². The SMILES string of the molecule is COc1cc(O)ccc1CBr. The van der Waals surface area contributed by atoms with Gasteiger partial charge in [0, 0.05) is 17.0 Å². The number of phenols is 1. The summed E-state index contributed by atoms with van der Waals surface area (Å²) in [4.78, 5) is 0. The first-order chi connectivity index (χ1) is 5.27. The van der Waals surface area contributed by atoms with Crippen molar-refractivity contribution >= 4 is 15.9 Å². The predicted molar refractivity (Wildman–Crippen MR) is 47.3 cm³/mol. The average Bonchev–Trinajstić information content (AvgIpc) is 2.04. The third kappa shape index (κ3) is 1.87. The maximum atomic E-state index is 9.07. The molecule has 0 atom stereocenters. The van der Waals surface area contributed by atoms with Crippen molar-refractivity contribution in [2.75, 3.05) is 7.11 Å². The van der Waals surface area contributed by atoms with Gasteiger partial charge in [0.2, 0.25) is 0 Å². The molecule has 1 rings (SSSR count). The Hall–Kier alpha value is -0.700. The van der Waals surface area contributed by atoms with Crippen molar-refractivity contribution in [2.24, 2.45) is 0 Å². The van der Waals surface area contributed by atoms with Crippen LogP contribution in [-0.2, 0) is 5.33 Å². The molecule has 1 N–H and O–H groups in total. The third-order valence-electron chi connectivity index (χ3n) is 1.41. The number of benzene rings is 1. The highest BCUT2D eigenvalue weighted by Crippen LogP contribution is 2.25. The molecular formula is C8H9BrO2. The standard InChI is InChI=1S/C8H9BrO2/c1-11-8-4-7(10)3-2-6(8)5-9/h2-4,10H,5H2,1H3. The van der Waals surface area contributed by atoms with Crippen LogP contribution in [0.2, 0.25) is 0 Å². The molecular weight excluding hydrogens is 208 g/mol. The number of rotatable bonds is 2. The van der Waals surface area contributed by atoms with Crippen LogP contribution in [0.3, 0.4) is 0 Å². The number of aromatic hydroxyl groups is 1. The highest BCUT2D eigenvalue weighted by Gasteiger charge is 2.00. The Morgan fingerprint density at radius 3 is 2.82 bits per heavy atom. The molecule has 60 valence electrons. The average molecular weight is 217 g/mol. The lowest BCUT2D eigenvalue weighted by molar-refractivity contribution is 0.404. The molecule has 0 heterocycles. The number of hydrogen-bond donors (Lipinski definition) is 1. The van der Waals surface area contributed by atoms with Gasteiger partial charge in [-0.15, -0.1) is 0 Å². The Morgan fingerprint density at radius 1 is 1.55 bits per heavy atom. The van der Waals surface area contributed by atoms with E-state index in [4.69, 9.17) is 9.84 Å². The van der Waals surface area contributed by atoms with Gasteiger partial charge in [-0.1, -0.05) is 22.0 Å². The Bertz CT molecular complexity index is 248. The summed E-state index contributed by atoms with van der Waals surface area (Å²) in [5.74, 6) is 0.938. The van der Waals surface area contributed by atoms with Crippen molar-refractivity contribution < 1.29 is 9.84 Å². The minimum Gasteiger partial charge on any atom is -0.508 e. The van der Waals surface area contributed by atoms with Crippen LogP contribution in [0.25, 0.3) is 0 Å². The zero-order valence-electron chi connectivity index (χ0n) is 6.17. The number of alkyl halides is 1. The molecule has 1 aromatic rings. The first kappa shape index (κ1) is 8.40. The maximum absolute atomic E-state index is 9.07. The van der Waals surface area contributed by atoms with Crippen molar-refractivity contribution in [1.82, 2.24) is 0 Å². The molecule has 0 fully saturated rings. The van der Waals surface area contributed by atoms with E-state index in [1.54, 1.807) is 19.2 Å². The summed E-state index contributed by atoms with van der Waals surface area (Å²) in [5.41, 5.74) is 1.03. The molecule has 0 saturated carbocycles. The molecule has 0 aliphatic carbocycles. The number of hydrogen-bond acceptors (Lipinski definition) is 2. The van der Waals surface area contributed by atoms with Gasteiger partial charge in [0.25, 0.3) is 0 Å². The molecule has 0 unspecified atom stereocenters. The Morgan fingerprint density at radius 2 is 2.27 bits per heavy atom. The fraction of sp³-hybridized carbons (Fsp3) is 0.250. The van der Waals surface area contributed by atoms with Crippen LogP contribution in [0, 0.1) is 0 Å². The van der Waals surface area contributed by atoms with E-state index in [9.17, 15) is 0 Å². The van der Waals surface area contributed by atoms with E-state index in [2.05, 4.69) is 15.9 Å².